The molecule has 0 spiro atoms. The summed E-state index contributed by atoms with van der Waals surface area (Å²) in [5, 5.41) is 43.9. The molecular formula is C49H56FN5O15. The highest BCUT2D eigenvalue weighted by molar-refractivity contribution is 6.07. The van der Waals surface area contributed by atoms with Gasteiger partial charge in [0.1, 0.15) is 41.0 Å². The second-order valence-electron chi connectivity index (χ2n) is 18.2. The summed E-state index contributed by atoms with van der Waals surface area (Å²) in [6.45, 7) is 13.8. The standard InChI is InChI=1S/C31H36N2O11.C18H20FN3O4/c1-14(2)7-8-16-13-17(9-11-19(16)34)27(37)33-21-22(35)18-10-12-20(15(3)24(18)42-28(21)38)41-29-23(36)25(43-30(32)39)26(40-6)31(4,5)44-29;1-10-9-26-17-14-11(16(23)12(18(24)25)8-22(10)14)7-13(19)15(17)21-5-3-20(2)4-6-21/h7,9-13,23,25-26,29,34-36H,8H2,1-6H3,(H2,32,39)(H,33,37);7-8,10H,3-6,9H2,1-2H3,(H,24,25)/t23-,25+,26-,29-;/m1./s1. The predicted octanol–water partition coefficient (Wildman–Crippen LogP) is 5.17. The molecule has 20 nitrogen and oxygen atoms in total. The van der Waals surface area contributed by atoms with Gasteiger partial charge in [0.2, 0.25) is 11.7 Å². The number of aromatic hydroxyl groups is 2. The molecule has 21 heteroatoms. The third-order valence-electron chi connectivity index (χ3n) is 12.5. The minimum atomic E-state index is -1.52. The van der Waals surface area contributed by atoms with Crippen molar-refractivity contribution in [3.05, 3.63) is 103 Å². The number of likely N-dealkylation sites (N-methyl/N-ethyl adjacent to an activating group) is 1. The number of phenolic OH excluding ortho intramolecular Hbond substituents is 1. The van der Waals surface area contributed by atoms with E-state index in [2.05, 4.69) is 10.2 Å². The Morgan fingerprint density at radius 3 is 2.39 bits per heavy atom. The van der Waals surface area contributed by atoms with Crippen LogP contribution in [0.3, 0.4) is 0 Å². The molecule has 70 heavy (non-hydrogen) atoms. The van der Waals surface area contributed by atoms with Crippen LogP contribution in [0.1, 0.15) is 72.5 Å². The molecule has 3 aliphatic heterocycles. The smallest absolute Gasteiger partial charge is 0.404 e. The number of pyridine rings is 1. The van der Waals surface area contributed by atoms with Crippen molar-refractivity contribution in [2.24, 2.45) is 5.73 Å². The average molecular weight is 974 g/mol. The number of carboxylic acid groups (broad SMARTS) is 1. The topological polar surface area (TPSA) is 275 Å². The van der Waals surface area contributed by atoms with Crippen molar-refractivity contribution in [2.75, 3.05) is 57.2 Å². The first kappa shape index (κ1) is 50.7. The van der Waals surface area contributed by atoms with Gasteiger partial charge in [-0.05, 0) is 97.0 Å². The third kappa shape index (κ3) is 9.95. The molecule has 5 heterocycles. The summed E-state index contributed by atoms with van der Waals surface area (Å²) < 4.78 is 50.4. The van der Waals surface area contributed by atoms with Crippen LogP contribution in [-0.2, 0) is 20.6 Å². The zero-order valence-electron chi connectivity index (χ0n) is 39.8. The molecule has 2 aromatic heterocycles. The van der Waals surface area contributed by atoms with Gasteiger partial charge in [0.25, 0.3) is 5.91 Å². The lowest BCUT2D eigenvalue weighted by Gasteiger charge is -2.47. The average Bonchev–Trinajstić information content (AvgIpc) is 3.29. The number of aliphatic hydroxyl groups excluding tert-OH is 1. The van der Waals surface area contributed by atoms with E-state index in [4.69, 9.17) is 33.8 Å². The van der Waals surface area contributed by atoms with E-state index in [9.17, 15) is 48.8 Å². The number of allylic oxidation sites excluding steroid dienone is 2. The van der Waals surface area contributed by atoms with Gasteiger partial charge in [0.05, 0.1) is 27.9 Å². The highest BCUT2D eigenvalue weighted by atomic mass is 19.1. The van der Waals surface area contributed by atoms with Gasteiger partial charge in [0, 0.05) is 50.6 Å². The molecule has 2 amide bonds. The summed E-state index contributed by atoms with van der Waals surface area (Å²) in [4.78, 5) is 65.6. The van der Waals surface area contributed by atoms with Gasteiger partial charge >= 0.3 is 17.7 Å². The molecule has 3 aromatic carbocycles. The first-order valence-electron chi connectivity index (χ1n) is 22.3. The summed E-state index contributed by atoms with van der Waals surface area (Å²) in [6.07, 6.45) is -2.47. The minimum absolute atomic E-state index is 0.0183. The molecule has 0 aliphatic carbocycles. The van der Waals surface area contributed by atoms with Crippen molar-refractivity contribution in [1.82, 2.24) is 9.47 Å². The summed E-state index contributed by atoms with van der Waals surface area (Å²) in [7, 11) is 3.38. The van der Waals surface area contributed by atoms with E-state index < -0.39 is 76.5 Å². The maximum atomic E-state index is 15.0. The Bertz CT molecular complexity index is 3030. The van der Waals surface area contributed by atoms with Crippen molar-refractivity contribution >= 4 is 51.2 Å². The lowest BCUT2D eigenvalue weighted by Crippen LogP contribution is -2.65. The molecule has 0 saturated carbocycles. The number of methoxy groups -OCH3 is 1. The zero-order valence-corrected chi connectivity index (χ0v) is 39.8. The molecule has 0 bridgehead atoms. The van der Waals surface area contributed by atoms with Crippen molar-refractivity contribution in [3.8, 4) is 23.0 Å². The molecule has 3 aliphatic rings. The van der Waals surface area contributed by atoms with E-state index in [1.165, 1.54) is 43.6 Å². The highest BCUT2D eigenvalue weighted by Gasteiger charge is 2.53. The molecule has 7 N–H and O–H groups in total. The first-order valence-corrected chi connectivity index (χ1v) is 22.3. The number of nitrogens with two attached hydrogens (primary N) is 1. The number of hydrogen-bond acceptors (Lipinski definition) is 16. The number of halogens is 1. The predicted molar refractivity (Wildman–Crippen MR) is 254 cm³/mol. The first-order chi connectivity index (χ1) is 33.0. The number of carbonyl (C=O) groups is 3. The van der Waals surface area contributed by atoms with Gasteiger partial charge in [0.15, 0.2) is 35.2 Å². The summed E-state index contributed by atoms with van der Waals surface area (Å²) in [5.41, 5.74) is 4.31. The number of aliphatic hydroxyl groups is 1. The van der Waals surface area contributed by atoms with E-state index >= 15 is 0 Å². The number of nitrogens with one attached hydrogen (secondary N) is 1. The minimum Gasteiger partial charge on any atom is -0.508 e. The molecule has 5 aromatic rings. The van der Waals surface area contributed by atoms with Crippen LogP contribution in [0.5, 0.6) is 23.0 Å². The van der Waals surface area contributed by atoms with Crippen LogP contribution in [0.25, 0.3) is 21.9 Å². The Morgan fingerprint density at radius 1 is 1.04 bits per heavy atom. The fourth-order valence-corrected chi connectivity index (χ4v) is 8.75. The number of piperazine rings is 1. The van der Waals surface area contributed by atoms with Crippen LogP contribution in [0.15, 0.2) is 68.3 Å². The van der Waals surface area contributed by atoms with Crippen LogP contribution >= 0.6 is 0 Å². The molecule has 2 saturated heterocycles. The molecule has 1 unspecified atom stereocenters. The van der Waals surface area contributed by atoms with Gasteiger partial charge in [-0.2, -0.15) is 0 Å². The number of anilines is 2. The number of aromatic nitrogens is 1. The van der Waals surface area contributed by atoms with Crippen molar-refractivity contribution < 1.29 is 67.3 Å². The van der Waals surface area contributed by atoms with Crippen LogP contribution < -0.4 is 36.5 Å². The number of hydrogen-bond donors (Lipinski definition) is 6. The van der Waals surface area contributed by atoms with Crippen molar-refractivity contribution in [2.45, 2.75) is 84.2 Å². The molecule has 2 fully saturated rings. The number of amides is 2. The van der Waals surface area contributed by atoms with Crippen molar-refractivity contribution in [3.63, 3.8) is 0 Å². The number of primary amides is 1. The lowest BCUT2D eigenvalue weighted by molar-refractivity contribution is -0.304. The number of benzene rings is 3. The maximum Gasteiger partial charge on any atom is 0.404 e. The van der Waals surface area contributed by atoms with Gasteiger partial charge in [-0.15, -0.1) is 0 Å². The number of rotatable bonds is 10. The number of aryl methyl sites for hydroxylation is 1. The second-order valence-corrected chi connectivity index (χ2v) is 18.2. The molecule has 5 atom stereocenters. The van der Waals surface area contributed by atoms with Gasteiger partial charge in [-0.3, -0.25) is 9.59 Å². The summed E-state index contributed by atoms with van der Waals surface area (Å²) in [6, 6.07) is 8.11. The number of phenols is 1. The van der Waals surface area contributed by atoms with Crippen LogP contribution in [0.4, 0.5) is 20.6 Å². The van der Waals surface area contributed by atoms with Crippen molar-refractivity contribution in [1.29, 1.82) is 0 Å². The Hall–Kier alpha value is -7.20. The van der Waals surface area contributed by atoms with Crippen LogP contribution in [0, 0.1) is 12.7 Å². The number of nitrogens with zero attached hydrogens (tertiary/aromatic N) is 3. The SMILES string of the molecule is CC1COc2c(N3CCN(C)CC3)c(F)cc3c(=O)c(C(=O)O)cn1c23.CO[C@@H]1[C@@H](OC(N)=O)[C@@H](O)[C@H](Oc2ccc3c(O)c(NC(=O)c4ccc(O)c(CC=C(C)C)c4)c(=O)oc3c2C)OC1(C)C. The Balaban J connectivity index is 0.000000234. The largest absolute Gasteiger partial charge is 0.508 e. The summed E-state index contributed by atoms with van der Waals surface area (Å²) in [5.74, 6) is -2.63. The molecular weight excluding hydrogens is 918 g/mol. The quantitative estimate of drug-likeness (QED) is 0.0778. The zero-order chi connectivity index (χ0) is 51.1. The second kappa shape index (κ2) is 20.0. The lowest BCUT2D eigenvalue weighted by atomic mass is 9.89. The van der Waals surface area contributed by atoms with Gasteiger partial charge < -0.3 is 73.9 Å². The Morgan fingerprint density at radius 2 is 1.74 bits per heavy atom. The number of carboxylic acids is 1. The van der Waals surface area contributed by atoms with Gasteiger partial charge in [-0.25, -0.2) is 18.8 Å². The van der Waals surface area contributed by atoms with E-state index in [1.807, 2.05) is 38.8 Å². The number of fused-ring (bicyclic) bond motifs is 1. The fourth-order valence-electron chi connectivity index (χ4n) is 8.75. The summed E-state index contributed by atoms with van der Waals surface area (Å²) >= 11 is 0. The monoisotopic (exact) mass is 973 g/mol. The van der Waals surface area contributed by atoms with Crippen LogP contribution in [-0.4, -0.2) is 125 Å². The molecule has 8 rings (SSSR count). The highest BCUT2D eigenvalue weighted by Crippen LogP contribution is 2.43. The number of ether oxygens (including phenoxy) is 5. The number of carbonyl (C=O) groups excluding carboxylic acids is 2. The normalized spacial score (nSPS) is 20.7. The molecule has 0 radical (unpaired) electrons. The fraction of sp³-hybridized carbons (Fsp3) is 0.408. The van der Waals surface area contributed by atoms with E-state index in [-0.39, 0.29) is 57.2 Å². The Kier molecular flexibility index (Phi) is 14.5. The van der Waals surface area contributed by atoms with E-state index in [0.29, 0.717) is 42.0 Å². The number of aromatic carboxylic acids is 1. The van der Waals surface area contributed by atoms with E-state index in [0.717, 1.165) is 24.7 Å². The maximum absolute atomic E-state index is 15.0. The molecule has 374 valence electrons. The Labute approximate surface area is 400 Å². The third-order valence-corrected chi connectivity index (χ3v) is 12.5. The van der Waals surface area contributed by atoms with E-state index in [1.54, 1.807) is 25.3 Å². The van der Waals surface area contributed by atoms with Gasteiger partial charge in [-0.1, -0.05) is 11.6 Å². The van der Waals surface area contributed by atoms with Crippen LogP contribution in [0.2, 0.25) is 0 Å².